The molecule has 1 aliphatic heterocycles. The first kappa shape index (κ1) is 13.5. The molecule has 0 saturated carbocycles. The molecule has 0 radical (unpaired) electrons. The summed E-state index contributed by atoms with van der Waals surface area (Å²) >= 11 is 0. The number of rotatable bonds is 7. The summed E-state index contributed by atoms with van der Waals surface area (Å²) in [7, 11) is 0. The highest BCUT2D eigenvalue weighted by molar-refractivity contribution is 5.13. The van der Waals surface area contributed by atoms with E-state index in [-0.39, 0.29) is 6.10 Å². The van der Waals surface area contributed by atoms with Crippen molar-refractivity contribution >= 4 is 0 Å². The Morgan fingerprint density at radius 2 is 2.11 bits per heavy atom. The van der Waals surface area contributed by atoms with Crippen LogP contribution < -0.4 is 0 Å². The number of aliphatic hydroxyl groups is 1. The molecule has 0 aliphatic carbocycles. The summed E-state index contributed by atoms with van der Waals surface area (Å²) in [5.74, 6) is 0. The maximum Gasteiger partial charge on any atom is 0.0716 e. The Kier molecular flexibility index (Phi) is 4.75. The fourth-order valence-corrected chi connectivity index (χ4v) is 2.09. The van der Waals surface area contributed by atoms with E-state index in [9.17, 15) is 5.11 Å². The summed E-state index contributed by atoms with van der Waals surface area (Å²) in [6, 6.07) is 10.1. The zero-order valence-electron chi connectivity index (χ0n) is 11.0. The highest BCUT2D eigenvalue weighted by atomic mass is 16.5. The molecule has 0 aromatic heterocycles. The SMILES string of the molecule is CC(O)(CCOCc1ccccc1)CC1CCO1. The van der Waals surface area contributed by atoms with Crippen LogP contribution in [0.2, 0.25) is 0 Å². The van der Waals surface area contributed by atoms with Crippen LogP contribution in [-0.4, -0.2) is 30.0 Å². The van der Waals surface area contributed by atoms with Crippen molar-refractivity contribution in [3.05, 3.63) is 35.9 Å². The van der Waals surface area contributed by atoms with E-state index in [1.807, 2.05) is 37.3 Å². The van der Waals surface area contributed by atoms with Crippen molar-refractivity contribution < 1.29 is 14.6 Å². The molecule has 1 aromatic rings. The first-order valence-corrected chi connectivity index (χ1v) is 6.61. The van der Waals surface area contributed by atoms with Gasteiger partial charge in [0.2, 0.25) is 0 Å². The van der Waals surface area contributed by atoms with Crippen molar-refractivity contribution in [1.82, 2.24) is 0 Å². The topological polar surface area (TPSA) is 38.7 Å². The third kappa shape index (κ3) is 4.41. The minimum absolute atomic E-state index is 0.245. The molecule has 1 N–H and O–H groups in total. The highest BCUT2D eigenvalue weighted by Gasteiger charge is 2.29. The van der Waals surface area contributed by atoms with E-state index < -0.39 is 5.60 Å². The van der Waals surface area contributed by atoms with Gasteiger partial charge in [-0.15, -0.1) is 0 Å². The van der Waals surface area contributed by atoms with Gasteiger partial charge in [-0.25, -0.2) is 0 Å². The molecule has 1 saturated heterocycles. The van der Waals surface area contributed by atoms with E-state index in [4.69, 9.17) is 9.47 Å². The average Bonchev–Trinajstić information content (AvgIpc) is 2.31. The largest absolute Gasteiger partial charge is 0.390 e. The Balaban J connectivity index is 1.62. The predicted octanol–water partition coefficient (Wildman–Crippen LogP) is 2.52. The van der Waals surface area contributed by atoms with Crippen molar-refractivity contribution in [3.63, 3.8) is 0 Å². The molecule has 100 valence electrons. The third-order valence-electron chi connectivity index (χ3n) is 3.36. The summed E-state index contributed by atoms with van der Waals surface area (Å²) in [4.78, 5) is 0. The lowest BCUT2D eigenvalue weighted by Gasteiger charge is -2.33. The van der Waals surface area contributed by atoms with Crippen LogP contribution in [0.3, 0.4) is 0 Å². The maximum atomic E-state index is 10.2. The second kappa shape index (κ2) is 6.32. The van der Waals surface area contributed by atoms with Gasteiger partial charge in [-0.1, -0.05) is 30.3 Å². The van der Waals surface area contributed by atoms with Gasteiger partial charge in [0.1, 0.15) is 0 Å². The van der Waals surface area contributed by atoms with Gasteiger partial charge in [-0.2, -0.15) is 0 Å². The first-order valence-electron chi connectivity index (χ1n) is 6.61. The van der Waals surface area contributed by atoms with Crippen LogP contribution in [-0.2, 0) is 16.1 Å². The minimum atomic E-state index is -0.679. The number of benzene rings is 1. The quantitative estimate of drug-likeness (QED) is 0.756. The molecular formula is C15H22O3. The smallest absolute Gasteiger partial charge is 0.0716 e. The zero-order valence-corrected chi connectivity index (χ0v) is 11.0. The molecule has 2 atom stereocenters. The summed E-state index contributed by atoms with van der Waals surface area (Å²) in [5, 5.41) is 10.2. The Morgan fingerprint density at radius 3 is 2.72 bits per heavy atom. The normalized spacial score (nSPS) is 22.2. The highest BCUT2D eigenvalue weighted by Crippen LogP contribution is 2.25. The minimum Gasteiger partial charge on any atom is -0.390 e. The zero-order chi connectivity index (χ0) is 12.8. The lowest BCUT2D eigenvalue weighted by molar-refractivity contribution is -0.103. The van der Waals surface area contributed by atoms with Crippen molar-refractivity contribution in [2.45, 2.75) is 44.5 Å². The van der Waals surface area contributed by atoms with Crippen molar-refractivity contribution in [3.8, 4) is 0 Å². The van der Waals surface area contributed by atoms with Gasteiger partial charge in [-0.3, -0.25) is 0 Å². The Hall–Kier alpha value is -0.900. The molecule has 2 unspecified atom stereocenters. The standard InChI is InChI=1S/C15H22O3/c1-15(16,11-14-7-9-18-14)8-10-17-12-13-5-3-2-4-6-13/h2-6,14,16H,7-12H2,1H3. The summed E-state index contributed by atoms with van der Waals surface area (Å²) < 4.78 is 10.9. The fraction of sp³-hybridized carbons (Fsp3) is 0.600. The van der Waals surface area contributed by atoms with Gasteiger partial charge in [-0.05, 0) is 25.3 Å². The number of hydrogen-bond acceptors (Lipinski definition) is 3. The maximum absolute atomic E-state index is 10.2. The van der Waals surface area contributed by atoms with Gasteiger partial charge in [0.15, 0.2) is 0 Å². The molecule has 2 rings (SSSR count). The molecule has 3 nitrogen and oxygen atoms in total. The lowest BCUT2D eigenvalue weighted by atomic mass is 9.92. The lowest BCUT2D eigenvalue weighted by Crippen LogP contribution is -2.37. The monoisotopic (exact) mass is 250 g/mol. The molecule has 0 bridgehead atoms. The molecular weight excluding hydrogens is 228 g/mol. The van der Waals surface area contributed by atoms with Gasteiger partial charge < -0.3 is 14.6 Å². The summed E-state index contributed by atoms with van der Waals surface area (Å²) in [6.07, 6.45) is 2.68. The summed E-state index contributed by atoms with van der Waals surface area (Å²) in [6.45, 7) is 3.89. The third-order valence-corrected chi connectivity index (χ3v) is 3.36. The molecule has 0 spiro atoms. The molecule has 3 heteroatoms. The van der Waals surface area contributed by atoms with E-state index in [1.54, 1.807) is 0 Å². The molecule has 0 amide bonds. The second-order valence-electron chi connectivity index (χ2n) is 5.27. The molecule has 18 heavy (non-hydrogen) atoms. The molecule has 1 aliphatic rings. The van der Waals surface area contributed by atoms with Crippen LogP contribution in [0.5, 0.6) is 0 Å². The van der Waals surface area contributed by atoms with Gasteiger partial charge >= 0.3 is 0 Å². The fourth-order valence-electron chi connectivity index (χ4n) is 2.09. The Labute approximate surface area is 109 Å². The van der Waals surface area contributed by atoms with E-state index >= 15 is 0 Å². The second-order valence-corrected chi connectivity index (χ2v) is 5.27. The van der Waals surface area contributed by atoms with Gasteiger partial charge in [0, 0.05) is 19.6 Å². The van der Waals surface area contributed by atoms with Crippen molar-refractivity contribution in [1.29, 1.82) is 0 Å². The molecule has 1 heterocycles. The van der Waals surface area contributed by atoms with E-state index in [2.05, 4.69) is 0 Å². The van der Waals surface area contributed by atoms with Crippen LogP contribution in [0.25, 0.3) is 0 Å². The van der Waals surface area contributed by atoms with Crippen LogP contribution >= 0.6 is 0 Å². The van der Waals surface area contributed by atoms with Gasteiger partial charge in [0.05, 0.1) is 18.3 Å². The van der Waals surface area contributed by atoms with E-state index in [0.717, 1.165) is 13.0 Å². The Morgan fingerprint density at radius 1 is 1.39 bits per heavy atom. The molecule has 1 fully saturated rings. The van der Waals surface area contributed by atoms with Crippen LogP contribution in [0.15, 0.2) is 30.3 Å². The predicted molar refractivity (Wildman–Crippen MR) is 70.3 cm³/mol. The van der Waals surface area contributed by atoms with Crippen LogP contribution in [0.4, 0.5) is 0 Å². The summed E-state index contributed by atoms with van der Waals surface area (Å²) in [5.41, 5.74) is 0.487. The average molecular weight is 250 g/mol. The first-order chi connectivity index (χ1) is 8.66. The van der Waals surface area contributed by atoms with E-state index in [0.29, 0.717) is 26.1 Å². The van der Waals surface area contributed by atoms with Crippen LogP contribution in [0, 0.1) is 0 Å². The number of hydrogen-bond donors (Lipinski definition) is 1. The van der Waals surface area contributed by atoms with Crippen LogP contribution in [0.1, 0.15) is 31.7 Å². The Bertz CT molecular complexity index is 344. The molecule has 1 aromatic carbocycles. The number of ether oxygens (including phenoxy) is 2. The van der Waals surface area contributed by atoms with Crippen molar-refractivity contribution in [2.75, 3.05) is 13.2 Å². The van der Waals surface area contributed by atoms with Crippen molar-refractivity contribution in [2.24, 2.45) is 0 Å². The van der Waals surface area contributed by atoms with Gasteiger partial charge in [0.25, 0.3) is 0 Å². The van der Waals surface area contributed by atoms with E-state index in [1.165, 1.54) is 5.56 Å².